The second-order valence-electron chi connectivity index (χ2n) is 5.57. The highest BCUT2D eigenvalue weighted by molar-refractivity contribution is 5.92. The molecule has 0 saturated carbocycles. The third-order valence-corrected chi connectivity index (χ3v) is 4.07. The lowest BCUT2D eigenvalue weighted by atomic mass is 9.96. The van der Waals surface area contributed by atoms with E-state index < -0.39 is 0 Å². The fraction of sp³-hybridized carbons (Fsp3) is 0.263. The van der Waals surface area contributed by atoms with Gasteiger partial charge in [-0.1, -0.05) is 36.4 Å². The highest BCUT2D eigenvalue weighted by Crippen LogP contribution is 2.30. The average molecular weight is 292 g/mol. The van der Waals surface area contributed by atoms with Crippen LogP contribution in [0, 0.1) is 0 Å². The molecule has 2 aromatic rings. The fourth-order valence-corrected chi connectivity index (χ4v) is 2.94. The summed E-state index contributed by atoms with van der Waals surface area (Å²) in [5.41, 5.74) is 2.18. The van der Waals surface area contributed by atoms with Gasteiger partial charge in [0.2, 0.25) is 5.91 Å². The average Bonchev–Trinajstić information content (AvgIpc) is 2.61. The summed E-state index contributed by atoms with van der Waals surface area (Å²) in [5, 5.41) is 0. The number of carbonyl (C=O) groups excluding carboxylic acids is 1. The molecule has 0 radical (unpaired) electrons. The molecule has 0 N–H and O–H groups in total. The number of carbonyl (C=O) groups is 1. The van der Waals surface area contributed by atoms with Crippen molar-refractivity contribution in [3.05, 3.63) is 72.1 Å². The van der Waals surface area contributed by atoms with Gasteiger partial charge < -0.3 is 4.90 Å². The summed E-state index contributed by atoms with van der Waals surface area (Å²) in [6, 6.07) is 14.1. The number of amides is 1. The van der Waals surface area contributed by atoms with Crippen molar-refractivity contribution in [1.82, 2.24) is 9.88 Å². The van der Waals surface area contributed by atoms with Crippen LogP contribution in [0.15, 0.2) is 60.9 Å². The van der Waals surface area contributed by atoms with E-state index in [0.717, 1.165) is 36.9 Å². The predicted molar refractivity (Wildman–Crippen MR) is 88.0 cm³/mol. The van der Waals surface area contributed by atoms with Gasteiger partial charge in [0.05, 0.1) is 6.04 Å². The number of benzene rings is 1. The Bertz CT molecular complexity index is 637. The van der Waals surface area contributed by atoms with Crippen molar-refractivity contribution < 1.29 is 4.79 Å². The molecule has 3 nitrogen and oxygen atoms in total. The molecule has 1 aromatic heterocycles. The van der Waals surface area contributed by atoms with Gasteiger partial charge in [-0.05, 0) is 42.5 Å². The second kappa shape index (κ2) is 7.03. The van der Waals surface area contributed by atoms with Crippen molar-refractivity contribution in [3.8, 4) is 0 Å². The van der Waals surface area contributed by atoms with Gasteiger partial charge in [0.1, 0.15) is 0 Å². The van der Waals surface area contributed by atoms with E-state index in [-0.39, 0.29) is 11.9 Å². The monoisotopic (exact) mass is 292 g/mol. The number of pyridine rings is 1. The number of hydrogen-bond acceptors (Lipinski definition) is 2. The van der Waals surface area contributed by atoms with Crippen LogP contribution in [0.4, 0.5) is 0 Å². The first kappa shape index (κ1) is 14.5. The quantitative estimate of drug-likeness (QED) is 0.805. The zero-order chi connectivity index (χ0) is 15.2. The first-order valence-electron chi connectivity index (χ1n) is 7.78. The standard InChI is InChI=1S/C19H20N2O/c22-19(12-11-16-7-2-1-3-8-16)21-14-5-4-10-18(21)17-9-6-13-20-15-17/h1-3,6-9,11-13,15,18H,4-5,10,14H2/b12-11+. The van der Waals surface area contributed by atoms with E-state index in [1.807, 2.05) is 53.6 Å². The van der Waals surface area contributed by atoms with Gasteiger partial charge in [0.25, 0.3) is 0 Å². The van der Waals surface area contributed by atoms with Crippen LogP contribution >= 0.6 is 0 Å². The van der Waals surface area contributed by atoms with E-state index in [1.165, 1.54) is 0 Å². The number of nitrogens with zero attached hydrogens (tertiary/aromatic N) is 2. The summed E-state index contributed by atoms with van der Waals surface area (Å²) in [5.74, 6) is 0.0809. The van der Waals surface area contributed by atoms with Crippen LogP contribution in [-0.4, -0.2) is 22.3 Å². The first-order chi connectivity index (χ1) is 10.8. The molecule has 0 aliphatic carbocycles. The SMILES string of the molecule is O=C(/C=C/c1ccccc1)N1CCCCC1c1cccnc1. The molecular formula is C19H20N2O. The fourth-order valence-electron chi connectivity index (χ4n) is 2.94. The Kier molecular flexibility index (Phi) is 4.64. The lowest BCUT2D eigenvalue weighted by Crippen LogP contribution is -2.37. The molecular weight excluding hydrogens is 272 g/mol. The van der Waals surface area contributed by atoms with E-state index in [0.29, 0.717) is 0 Å². The van der Waals surface area contributed by atoms with Crippen molar-refractivity contribution in [2.24, 2.45) is 0 Å². The summed E-state index contributed by atoms with van der Waals surface area (Å²) in [7, 11) is 0. The molecule has 0 spiro atoms. The Morgan fingerprint density at radius 2 is 2.00 bits per heavy atom. The molecule has 0 bridgehead atoms. The van der Waals surface area contributed by atoms with Crippen molar-refractivity contribution >= 4 is 12.0 Å². The minimum atomic E-state index is 0.0809. The number of aromatic nitrogens is 1. The third kappa shape index (κ3) is 3.42. The molecule has 2 heterocycles. The van der Waals surface area contributed by atoms with Crippen LogP contribution in [0.2, 0.25) is 0 Å². The van der Waals surface area contributed by atoms with E-state index in [2.05, 4.69) is 11.1 Å². The molecule has 1 fully saturated rings. The van der Waals surface area contributed by atoms with Gasteiger partial charge in [-0.2, -0.15) is 0 Å². The van der Waals surface area contributed by atoms with Gasteiger partial charge in [0, 0.05) is 25.0 Å². The number of piperidine rings is 1. The van der Waals surface area contributed by atoms with Crippen molar-refractivity contribution in [3.63, 3.8) is 0 Å². The molecule has 1 unspecified atom stereocenters. The summed E-state index contributed by atoms with van der Waals surface area (Å²) in [4.78, 5) is 18.7. The Labute approximate surface area is 131 Å². The second-order valence-corrected chi connectivity index (χ2v) is 5.57. The molecule has 22 heavy (non-hydrogen) atoms. The largest absolute Gasteiger partial charge is 0.332 e. The topological polar surface area (TPSA) is 33.2 Å². The molecule has 1 saturated heterocycles. The molecule has 1 amide bonds. The molecule has 3 rings (SSSR count). The van der Waals surface area contributed by atoms with Crippen molar-refractivity contribution in [2.75, 3.05) is 6.54 Å². The van der Waals surface area contributed by atoms with E-state index >= 15 is 0 Å². The van der Waals surface area contributed by atoms with Crippen molar-refractivity contribution in [2.45, 2.75) is 25.3 Å². The summed E-state index contributed by atoms with van der Waals surface area (Å²) in [6.45, 7) is 0.817. The van der Waals surface area contributed by atoms with Crippen LogP contribution in [0.1, 0.15) is 36.4 Å². The van der Waals surface area contributed by atoms with E-state index in [4.69, 9.17) is 0 Å². The Balaban J connectivity index is 1.76. The Morgan fingerprint density at radius 3 is 2.77 bits per heavy atom. The highest BCUT2D eigenvalue weighted by Gasteiger charge is 2.26. The Hall–Kier alpha value is -2.42. The lowest BCUT2D eigenvalue weighted by Gasteiger charge is -2.35. The smallest absolute Gasteiger partial charge is 0.247 e. The third-order valence-electron chi connectivity index (χ3n) is 4.07. The predicted octanol–water partition coefficient (Wildman–Crippen LogP) is 3.85. The van der Waals surface area contributed by atoms with Gasteiger partial charge >= 0.3 is 0 Å². The van der Waals surface area contributed by atoms with Gasteiger partial charge in [-0.15, -0.1) is 0 Å². The van der Waals surface area contributed by atoms with Crippen LogP contribution in [-0.2, 0) is 4.79 Å². The maximum Gasteiger partial charge on any atom is 0.247 e. The molecule has 1 aromatic carbocycles. The molecule has 1 atom stereocenters. The highest BCUT2D eigenvalue weighted by atomic mass is 16.2. The minimum absolute atomic E-state index is 0.0809. The molecule has 112 valence electrons. The number of rotatable bonds is 3. The molecule has 1 aliphatic heterocycles. The maximum absolute atomic E-state index is 12.6. The minimum Gasteiger partial charge on any atom is -0.332 e. The van der Waals surface area contributed by atoms with E-state index in [1.54, 1.807) is 12.3 Å². The lowest BCUT2D eigenvalue weighted by molar-refractivity contribution is -0.129. The van der Waals surface area contributed by atoms with Crippen molar-refractivity contribution in [1.29, 1.82) is 0 Å². The Morgan fingerprint density at radius 1 is 1.14 bits per heavy atom. The normalized spacial score (nSPS) is 18.5. The summed E-state index contributed by atoms with van der Waals surface area (Å²) >= 11 is 0. The molecule has 1 aliphatic rings. The zero-order valence-corrected chi connectivity index (χ0v) is 12.6. The van der Waals surface area contributed by atoms with Crippen LogP contribution in [0.3, 0.4) is 0 Å². The zero-order valence-electron chi connectivity index (χ0n) is 12.6. The van der Waals surface area contributed by atoms with Gasteiger partial charge in [0.15, 0.2) is 0 Å². The summed E-state index contributed by atoms with van der Waals surface area (Å²) < 4.78 is 0. The maximum atomic E-state index is 12.6. The summed E-state index contributed by atoms with van der Waals surface area (Å²) in [6.07, 6.45) is 10.5. The molecule has 3 heteroatoms. The van der Waals surface area contributed by atoms with Gasteiger partial charge in [-0.3, -0.25) is 9.78 Å². The van der Waals surface area contributed by atoms with Crippen LogP contribution in [0.5, 0.6) is 0 Å². The first-order valence-corrected chi connectivity index (χ1v) is 7.78. The number of hydrogen-bond donors (Lipinski definition) is 0. The van der Waals surface area contributed by atoms with Crippen LogP contribution in [0.25, 0.3) is 6.08 Å². The number of likely N-dealkylation sites (tertiary alicyclic amines) is 1. The van der Waals surface area contributed by atoms with Crippen LogP contribution < -0.4 is 0 Å². The van der Waals surface area contributed by atoms with Gasteiger partial charge in [-0.25, -0.2) is 0 Å². The van der Waals surface area contributed by atoms with E-state index in [9.17, 15) is 4.79 Å².